The van der Waals surface area contributed by atoms with E-state index in [1.165, 1.54) is 44.1 Å². The molecule has 0 N–H and O–H groups in total. The van der Waals surface area contributed by atoms with E-state index in [-0.39, 0.29) is 0 Å². The number of benzene rings is 2. The number of hydrogen-bond acceptors (Lipinski definition) is 5. The highest BCUT2D eigenvalue weighted by molar-refractivity contribution is 7.53. The van der Waals surface area contributed by atoms with Crippen molar-refractivity contribution in [3.05, 3.63) is 70.1 Å². The fraction of sp³-hybridized carbons (Fsp3) is 0.286. The van der Waals surface area contributed by atoms with Gasteiger partial charge in [-0.1, -0.05) is 12.1 Å². The van der Waals surface area contributed by atoms with Crippen LogP contribution < -0.4 is 0 Å². The monoisotopic (exact) mass is 523 g/mol. The van der Waals surface area contributed by atoms with Crippen LogP contribution in [0.25, 0.3) is 44.1 Å². The van der Waals surface area contributed by atoms with Crippen molar-refractivity contribution >= 4 is 52.1 Å². The molecular weight excluding hydrogens is 493 g/mol. The first-order chi connectivity index (χ1) is 17.1. The van der Waals surface area contributed by atoms with Crippen molar-refractivity contribution in [3.8, 4) is 22.3 Å². The number of fused-ring (bicyclic) bond motifs is 3. The molecule has 0 radical (unpaired) electrons. The summed E-state index contributed by atoms with van der Waals surface area (Å²) in [6, 6.07) is 17.9. The van der Waals surface area contributed by atoms with E-state index in [9.17, 15) is 4.57 Å². The van der Waals surface area contributed by atoms with Gasteiger partial charge in [-0.3, -0.25) is 4.57 Å². The average molecular weight is 524 g/mol. The SMILES string of the molecule is CCOP(=O)(CCCCn1c2ccc(-c3ccsc3)cc2c2cc(-c3ccsc3)ccc21)OCC. The molecule has 3 aromatic heterocycles. The number of aromatic nitrogens is 1. The molecule has 0 spiro atoms. The van der Waals surface area contributed by atoms with E-state index in [1.807, 2.05) is 13.8 Å². The highest BCUT2D eigenvalue weighted by Crippen LogP contribution is 2.48. The van der Waals surface area contributed by atoms with E-state index < -0.39 is 7.60 Å². The Morgan fingerprint density at radius 1 is 0.743 bits per heavy atom. The Labute approximate surface area is 214 Å². The molecule has 0 aliphatic heterocycles. The Bertz CT molecular complexity index is 1350. The van der Waals surface area contributed by atoms with Gasteiger partial charge in [-0.05, 0) is 107 Å². The lowest BCUT2D eigenvalue weighted by Gasteiger charge is -2.17. The summed E-state index contributed by atoms with van der Waals surface area (Å²) in [5, 5.41) is 11.2. The van der Waals surface area contributed by atoms with Crippen LogP contribution in [0, 0.1) is 0 Å². The van der Waals surface area contributed by atoms with Gasteiger partial charge in [0.1, 0.15) is 0 Å². The second-order valence-corrected chi connectivity index (χ2v) is 12.3. The molecule has 0 atom stereocenters. The first-order valence-corrected chi connectivity index (χ1v) is 15.7. The quantitative estimate of drug-likeness (QED) is 0.128. The van der Waals surface area contributed by atoms with Gasteiger partial charge in [0.05, 0.1) is 19.4 Å². The van der Waals surface area contributed by atoms with Crippen LogP contribution in [-0.2, 0) is 20.2 Å². The molecule has 0 bridgehead atoms. The summed E-state index contributed by atoms with van der Waals surface area (Å²) < 4.78 is 26.2. The topological polar surface area (TPSA) is 40.5 Å². The summed E-state index contributed by atoms with van der Waals surface area (Å²) in [6.45, 7) is 5.39. The smallest absolute Gasteiger partial charge is 0.330 e. The molecule has 182 valence electrons. The number of rotatable bonds is 11. The van der Waals surface area contributed by atoms with Gasteiger partial charge in [0.15, 0.2) is 0 Å². The van der Waals surface area contributed by atoms with E-state index in [2.05, 4.69) is 74.6 Å². The predicted octanol–water partition coefficient (Wildman–Crippen LogP) is 9.30. The fourth-order valence-electron chi connectivity index (χ4n) is 4.70. The van der Waals surface area contributed by atoms with Crippen LogP contribution in [0.15, 0.2) is 70.1 Å². The van der Waals surface area contributed by atoms with Crippen LogP contribution in [0.3, 0.4) is 0 Å². The van der Waals surface area contributed by atoms with Crippen molar-refractivity contribution in [3.63, 3.8) is 0 Å². The molecule has 0 fully saturated rings. The van der Waals surface area contributed by atoms with Crippen molar-refractivity contribution in [1.82, 2.24) is 4.57 Å². The van der Waals surface area contributed by atoms with Crippen molar-refractivity contribution in [2.45, 2.75) is 33.2 Å². The maximum absolute atomic E-state index is 12.8. The van der Waals surface area contributed by atoms with Crippen LogP contribution in [0.5, 0.6) is 0 Å². The third kappa shape index (κ3) is 5.18. The number of nitrogens with zero attached hydrogens (tertiary/aromatic N) is 1. The van der Waals surface area contributed by atoms with Crippen molar-refractivity contribution in [1.29, 1.82) is 0 Å². The summed E-state index contributed by atoms with van der Waals surface area (Å²) in [5.41, 5.74) is 7.48. The largest absolute Gasteiger partial charge is 0.340 e. The number of aryl methyl sites for hydroxylation is 1. The molecule has 5 rings (SSSR count). The predicted molar refractivity (Wildman–Crippen MR) is 151 cm³/mol. The molecule has 35 heavy (non-hydrogen) atoms. The standard InChI is InChI=1S/C28H30NO3PS2/c1-3-31-33(30,32-4-2)14-6-5-13-29-27-9-7-21(23-11-15-34-19-23)17-25(27)26-18-22(8-10-28(26)29)24-12-16-35-20-24/h7-12,15-20H,3-6,13-14H2,1-2H3. The zero-order chi connectivity index (χ0) is 24.3. The second-order valence-electron chi connectivity index (χ2n) is 8.52. The van der Waals surface area contributed by atoms with E-state index in [1.54, 1.807) is 22.7 Å². The summed E-state index contributed by atoms with van der Waals surface area (Å²) in [7, 11) is -3.00. The second kappa shape index (κ2) is 10.8. The van der Waals surface area contributed by atoms with Crippen LogP contribution in [0.4, 0.5) is 0 Å². The summed E-state index contributed by atoms with van der Waals surface area (Å²) in [5.74, 6) is 0. The number of hydrogen-bond donors (Lipinski definition) is 0. The maximum atomic E-state index is 12.8. The van der Waals surface area contributed by atoms with E-state index in [0.29, 0.717) is 19.4 Å². The number of thiophene rings is 2. The van der Waals surface area contributed by atoms with Crippen LogP contribution in [0.1, 0.15) is 26.7 Å². The minimum absolute atomic E-state index is 0.406. The van der Waals surface area contributed by atoms with Gasteiger partial charge in [-0.2, -0.15) is 22.7 Å². The van der Waals surface area contributed by atoms with Crippen molar-refractivity contribution in [2.75, 3.05) is 19.4 Å². The Kier molecular flexibility index (Phi) is 7.56. The van der Waals surface area contributed by atoms with Gasteiger partial charge < -0.3 is 13.6 Å². The fourth-order valence-corrected chi connectivity index (χ4v) is 7.76. The normalized spacial score (nSPS) is 12.2. The number of unbranched alkanes of at least 4 members (excludes halogenated alkanes) is 1. The minimum Gasteiger partial charge on any atom is -0.340 e. The third-order valence-electron chi connectivity index (χ3n) is 6.29. The maximum Gasteiger partial charge on any atom is 0.330 e. The zero-order valence-corrected chi connectivity index (χ0v) is 22.6. The molecule has 5 aromatic rings. The van der Waals surface area contributed by atoms with Gasteiger partial charge >= 0.3 is 7.60 Å². The molecule has 0 aliphatic rings. The van der Waals surface area contributed by atoms with Crippen molar-refractivity contribution in [2.24, 2.45) is 0 Å². The molecule has 7 heteroatoms. The minimum atomic E-state index is -3.00. The van der Waals surface area contributed by atoms with E-state index in [4.69, 9.17) is 9.05 Å². The van der Waals surface area contributed by atoms with Crippen LogP contribution in [0.2, 0.25) is 0 Å². The molecule has 3 heterocycles. The highest BCUT2D eigenvalue weighted by Gasteiger charge is 2.22. The van der Waals surface area contributed by atoms with Gasteiger partial charge in [-0.15, -0.1) is 0 Å². The van der Waals surface area contributed by atoms with Gasteiger partial charge in [-0.25, -0.2) is 0 Å². The Morgan fingerprint density at radius 3 is 1.74 bits per heavy atom. The zero-order valence-electron chi connectivity index (χ0n) is 20.1. The lowest BCUT2D eigenvalue weighted by molar-refractivity contribution is 0.219. The lowest BCUT2D eigenvalue weighted by atomic mass is 10.0. The van der Waals surface area contributed by atoms with Crippen molar-refractivity contribution < 1.29 is 13.6 Å². The first kappa shape index (κ1) is 24.5. The molecule has 0 saturated heterocycles. The molecule has 4 nitrogen and oxygen atoms in total. The molecular formula is C28H30NO3PS2. The summed E-state index contributed by atoms with van der Waals surface area (Å²) in [6.07, 6.45) is 2.15. The first-order valence-electron chi connectivity index (χ1n) is 12.1. The lowest BCUT2D eigenvalue weighted by Crippen LogP contribution is -2.03. The Morgan fingerprint density at radius 2 is 1.29 bits per heavy atom. The molecule has 2 aromatic carbocycles. The van der Waals surface area contributed by atoms with Gasteiger partial charge in [0.2, 0.25) is 0 Å². The van der Waals surface area contributed by atoms with Gasteiger partial charge in [0, 0.05) is 28.4 Å². The van der Waals surface area contributed by atoms with E-state index in [0.717, 1.165) is 19.4 Å². The Hall–Kier alpha value is -2.21. The van der Waals surface area contributed by atoms with E-state index >= 15 is 0 Å². The average Bonchev–Trinajstić information content (AvgIpc) is 3.63. The summed E-state index contributed by atoms with van der Waals surface area (Å²) in [4.78, 5) is 0. The molecule has 0 saturated carbocycles. The molecule has 0 unspecified atom stereocenters. The highest BCUT2D eigenvalue weighted by atomic mass is 32.1. The Balaban J connectivity index is 1.49. The molecule has 0 aliphatic carbocycles. The third-order valence-corrected chi connectivity index (χ3v) is 9.82. The van der Waals surface area contributed by atoms with Gasteiger partial charge in [0.25, 0.3) is 0 Å². The summed E-state index contributed by atoms with van der Waals surface area (Å²) >= 11 is 3.45. The van der Waals surface area contributed by atoms with Crippen LogP contribution in [-0.4, -0.2) is 23.9 Å². The molecule has 0 amide bonds. The van der Waals surface area contributed by atoms with Crippen LogP contribution >= 0.6 is 30.3 Å².